The molecule has 0 aliphatic heterocycles. The predicted octanol–water partition coefficient (Wildman–Crippen LogP) is 5.38. The molecule has 1 aromatic heterocycles. The van der Waals surface area contributed by atoms with E-state index in [0.29, 0.717) is 16.8 Å². The number of halogens is 2. The van der Waals surface area contributed by atoms with Gasteiger partial charge in [-0.3, -0.25) is 0 Å². The van der Waals surface area contributed by atoms with Gasteiger partial charge in [0.1, 0.15) is 18.2 Å². The van der Waals surface area contributed by atoms with E-state index in [2.05, 4.69) is 33.4 Å². The van der Waals surface area contributed by atoms with Gasteiger partial charge in [-0.2, -0.15) is 0 Å². The van der Waals surface area contributed by atoms with Crippen molar-refractivity contribution in [1.82, 2.24) is 0 Å². The maximum Gasteiger partial charge on any atom is 0.134 e. The van der Waals surface area contributed by atoms with Gasteiger partial charge >= 0.3 is 0 Å². The van der Waals surface area contributed by atoms with E-state index in [9.17, 15) is 4.39 Å². The molecule has 0 saturated carbocycles. The van der Waals surface area contributed by atoms with Crippen molar-refractivity contribution in [2.45, 2.75) is 6.61 Å². The molecule has 0 bridgehead atoms. The largest absolute Gasteiger partial charge is 0.488 e. The van der Waals surface area contributed by atoms with Gasteiger partial charge in [-0.1, -0.05) is 18.2 Å². The highest BCUT2D eigenvalue weighted by molar-refractivity contribution is 9.10. The molecule has 19 heavy (non-hydrogen) atoms. The highest BCUT2D eigenvalue weighted by Gasteiger charge is 2.06. The van der Waals surface area contributed by atoms with Crippen LogP contribution in [-0.4, -0.2) is 0 Å². The Kier molecular flexibility index (Phi) is 3.53. The summed E-state index contributed by atoms with van der Waals surface area (Å²) in [5.74, 6) is 0.372. The zero-order chi connectivity index (χ0) is 13.2. The minimum atomic E-state index is -0.278. The second-order valence-electron chi connectivity index (χ2n) is 4.12. The molecular formula is C15H10BrFOS. The zero-order valence-electron chi connectivity index (χ0n) is 9.90. The van der Waals surface area contributed by atoms with Crippen LogP contribution < -0.4 is 4.74 Å². The monoisotopic (exact) mass is 336 g/mol. The Labute approximate surface area is 122 Å². The van der Waals surface area contributed by atoms with Crippen molar-refractivity contribution in [3.63, 3.8) is 0 Å². The Hall–Kier alpha value is -1.39. The minimum Gasteiger partial charge on any atom is -0.488 e. The molecule has 2 aromatic carbocycles. The van der Waals surface area contributed by atoms with Crippen molar-refractivity contribution in [1.29, 1.82) is 0 Å². The summed E-state index contributed by atoms with van der Waals surface area (Å²) in [5.41, 5.74) is 1.15. The first-order valence-electron chi connectivity index (χ1n) is 5.77. The summed E-state index contributed by atoms with van der Waals surface area (Å²) in [7, 11) is 0. The Morgan fingerprint density at radius 3 is 2.84 bits per heavy atom. The molecule has 0 aliphatic rings. The summed E-state index contributed by atoms with van der Waals surface area (Å²) in [4.78, 5) is 0. The third-order valence-electron chi connectivity index (χ3n) is 2.84. The maximum absolute atomic E-state index is 13.0. The molecule has 1 heterocycles. The summed E-state index contributed by atoms with van der Waals surface area (Å²) in [6, 6.07) is 12.7. The SMILES string of the molecule is Fc1ccc(OCc2csc3ccccc23)c(Br)c1. The smallest absolute Gasteiger partial charge is 0.134 e. The van der Waals surface area contributed by atoms with E-state index in [-0.39, 0.29) is 5.82 Å². The van der Waals surface area contributed by atoms with Crippen LogP contribution >= 0.6 is 27.3 Å². The first-order valence-corrected chi connectivity index (χ1v) is 7.44. The molecule has 0 aliphatic carbocycles. The van der Waals surface area contributed by atoms with Gasteiger partial charge in [-0.05, 0) is 51.0 Å². The molecule has 0 unspecified atom stereocenters. The number of hydrogen-bond acceptors (Lipinski definition) is 2. The second-order valence-corrected chi connectivity index (χ2v) is 5.89. The predicted molar refractivity (Wildman–Crippen MR) is 80.3 cm³/mol. The molecular weight excluding hydrogens is 327 g/mol. The fourth-order valence-corrected chi connectivity index (χ4v) is 3.31. The highest BCUT2D eigenvalue weighted by Crippen LogP contribution is 2.29. The fraction of sp³-hybridized carbons (Fsp3) is 0.0667. The van der Waals surface area contributed by atoms with E-state index in [4.69, 9.17) is 4.74 Å². The van der Waals surface area contributed by atoms with Crippen molar-refractivity contribution in [2.24, 2.45) is 0 Å². The van der Waals surface area contributed by atoms with E-state index in [1.54, 1.807) is 17.4 Å². The Morgan fingerprint density at radius 1 is 1.16 bits per heavy atom. The normalized spacial score (nSPS) is 10.8. The number of benzene rings is 2. The number of ether oxygens (including phenoxy) is 1. The summed E-state index contributed by atoms with van der Waals surface area (Å²) in [6.45, 7) is 0.480. The molecule has 0 atom stereocenters. The lowest BCUT2D eigenvalue weighted by Crippen LogP contribution is -1.95. The molecule has 1 nitrogen and oxygen atoms in total. The summed E-state index contributed by atoms with van der Waals surface area (Å²) in [6.07, 6.45) is 0. The van der Waals surface area contributed by atoms with Crippen LogP contribution in [0, 0.1) is 5.82 Å². The molecule has 0 saturated heterocycles. The van der Waals surface area contributed by atoms with E-state index in [1.165, 1.54) is 22.2 Å². The van der Waals surface area contributed by atoms with Gasteiger partial charge in [0.25, 0.3) is 0 Å². The summed E-state index contributed by atoms with van der Waals surface area (Å²) in [5, 5.41) is 3.31. The fourth-order valence-electron chi connectivity index (χ4n) is 1.89. The molecule has 0 radical (unpaired) electrons. The van der Waals surface area contributed by atoms with Gasteiger partial charge in [0.15, 0.2) is 0 Å². The molecule has 3 rings (SSSR count). The van der Waals surface area contributed by atoms with Crippen LogP contribution in [0.3, 0.4) is 0 Å². The first-order chi connectivity index (χ1) is 9.24. The van der Waals surface area contributed by atoms with Gasteiger partial charge in [0, 0.05) is 10.3 Å². The number of rotatable bonds is 3. The van der Waals surface area contributed by atoms with Gasteiger partial charge < -0.3 is 4.74 Å². The Bertz CT molecular complexity index is 723. The van der Waals surface area contributed by atoms with Crippen molar-refractivity contribution in [3.8, 4) is 5.75 Å². The standard InChI is InChI=1S/C15H10BrFOS/c16-13-7-11(17)5-6-14(13)18-8-10-9-19-15-4-2-1-3-12(10)15/h1-7,9H,8H2. The molecule has 3 aromatic rings. The average Bonchev–Trinajstić information content (AvgIpc) is 2.81. The zero-order valence-corrected chi connectivity index (χ0v) is 12.3. The highest BCUT2D eigenvalue weighted by atomic mass is 79.9. The van der Waals surface area contributed by atoms with Crippen molar-refractivity contribution in [2.75, 3.05) is 0 Å². The quantitative estimate of drug-likeness (QED) is 0.623. The molecule has 0 spiro atoms. The Morgan fingerprint density at radius 2 is 2.00 bits per heavy atom. The lowest BCUT2D eigenvalue weighted by atomic mass is 10.2. The number of hydrogen-bond donors (Lipinski definition) is 0. The van der Waals surface area contributed by atoms with E-state index < -0.39 is 0 Å². The second kappa shape index (κ2) is 5.31. The van der Waals surface area contributed by atoms with Crippen molar-refractivity contribution < 1.29 is 9.13 Å². The number of thiophene rings is 1. The molecule has 4 heteroatoms. The van der Waals surface area contributed by atoms with Crippen LogP contribution in [0.15, 0.2) is 52.3 Å². The average molecular weight is 337 g/mol. The van der Waals surface area contributed by atoms with Crippen molar-refractivity contribution in [3.05, 3.63) is 63.7 Å². The van der Waals surface area contributed by atoms with Crippen LogP contribution in [0.1, 0.15) is 5.56 Å². The maximum atomic E-state index is 13.0. The summed E-state index contributed by atoms with van der Waals surface area (Å²) < 4.78 is 20.6. The topological polar surface area (TPSA) is 9.23 Å². The lowest BCUT2D eigenvalue weighted by Gasteiger charge is -2.07. The van der Waals surface area contributed by atoms with Crippen LogP contribution in [0.4, 0.5) is 4.39 Å². The minimum absolute atomic E-state index is 0.278. The molecule has 0 amide bonds. The lowest BCUT2D eigenvalue weighted by molar-refractivity contribution is 0.305. The van der Waals surface area contributed by atoms with Gasteiger partial charge in [-0.25, -0.2) is 4.39 Å². The van der Waals surface area contributed by atoms with E-state index >= 15 is 0 Å². The van der Waals surface area contributed by atoms with E-state index in [1.807, 2.05) is 12.1 Å². The summed E-state index contributed by atoms with van der Waals surface area (Å²) >= 11 is 5.00. The third-order valence-corrected chi connectivity index (χ3v) is 4.47. The number of fused-ring (bicyclic) bond motifs is 1. The molecule has 96 valence electrons. The third kappa shape index (κ3) is 2.65. The molecule has 0 fully saturated rings. The Balaban J connectivity index is 1.82. The van der Waals surface area contributed by atoms with Crippen LogP contribution in [-0.2, 0) is 6.61 Å². The van der Waals surface area contributed by atoms with Gasteiger partial charge in [-0.15, -0.1) is 11.3 Å². The van der Waals surface area contributed by atoms with Gasteiger partial charge in [0.2, 0.25) is 0 Å². The van der Waals surface area contributed by atoms with Crippen molar-refractivity contribution >= 4 is 37.4 Å². The van der Waals surface area contributed by atoms with Crippen LogP contribution in [0.25, 0.3) is 10.1 Å². The van der Waals surface area contributed by atoms with Crippen LogP contribution in [0.2, 0.25) is 0 Å². The molecule has 0 N–H and O–H groups in total. The van der Waals surface area contributed by atoms with Gasteiger partial charge in [0.05, 0.1) is 4.47 Å². The first kappa shape index (κ1) is 12.6. The van der Waals surface area contributed by atoms with E-state index in [0.717, 1.165) is 5.56 Å². The van der Waals surface area contributed by atoms with Crippen LogP contribution in [0.5, 0.6) is 5.75 Å².